The van der Waals surface area contributed by atoms with E-state index in [-0.39, 0.29) is 6.54 Å². The highest BCUT2D eigenvalue weighted by Crippen LogP contribution is 2.36. The van der Waals surface area contributed by atoms with E-state index in [1.807, 2.05) is 30.4 Å². The topological polar surface area (TPSA) is 73.4 Å². The lowest BCUT2D eigenvalue weighted by Crippen LogP contribution is -2.46. The van der Waals surface area contributed by atoms with Gasteiger partial charge in [0, 0.05) is 22.9 Å². The number of rotatable bonds is 9. The summed E-state index contributed by atoms with van der Waals surface area (Å²) >= 11 is 1.57. The third kappa shape index (κ3) is 5.56. The van der Waals surface area contributed by atoms with Gasteiger partial charge in [-0.1, -0.05) is 32.0 Å². The molecule has 0 unspecified atom stereocenters. The van der Waals surface area contributed by atoms with Gasteiger partial charge in [0.15, 0.2) is 0 Å². The van der Waals surface area contributed by atoms with Gasteiger partial charge in [-0.15, -0.1) is 11.3 Å². The molecule has 0 spiro atoms. The highest BCUT2D eigenvalue weighted by atomic mass is 32.1. The number of benzene rings is 1. The highest BCUT2D eigenvalue weighted by molar-refractivity contribution is 7.08. The van der Waals surface area contributed by atoms with Gasteiger partial charge in [0.2, 0.25) is 5.91 Å². The first-order valence-electron chi connectivity index (χ1n) is 9.06. The second-order valence-electron chi connectivity index (χ2n) is 7.44. The van der Waals surface area contributed by atoms with E-state index in [1.165, 1.54) is 5.56 Å². The van der Waals surface area contributed by atoms with Gasteiger partial charge in [-0.05, 0) is 43.6 Å². The monoisotopic (exact) mass is 384 g/mol. The summed E-state index contributed by atoms with van der Waals surface area (Å²) in [5.41, 5.74) is 9.93. The van der Waals surface area contributed by atoms with Crippen LogP contribution in [0.1, 0.15) is 25.8 Å². The summed E-state index contributed by atoms with van der Waals surface area (Å²) in [5, 5.41) is 13.4. The minimum atomic E-state index is -0.497. The second kappa shape index (κ2) is 9.54. The van der Waals surface area contributed by atoms with Crippen LogP contribution < -0.4 is 10.6 Å². The molecule has 2 N–H and O–H groups in total. The SMILES string of the molecule is CC(C)C[C@@H](C(N)=O)N(CC#N)c1cscc1-c1cccc(CN(C)C)c1. The highest BCUT2D eigenvalue weighted by Gasteiger charge is 2.27. The van der Waals surface area contributed by atoms with E-state index in [0.29, 0.717) is 12.3 Å². The summed E-state index contributed by atoms with van der Waals surface area (Å²) in [6.07, 6.45) is 0.618. The zero-order valence-corrected chi connectivity index (χ0v) is 17.3. The maximum absolute atomic E-state index is 12.1. The van der Waals surface area contributed by atoms with Gasteiger partial charge in [-0.2, -0.15) is 5.26 Å². The number of hydrogen-bond donors (Lipinski definition) is 1. The number of carbonyl (C=O) groups is 1. The van der Waals surface area contributed by atoms with Gasteiger partial charge in [0.1, 0.15) is 12.6 Å². The predicted molar refractivity (Wildman–Crippen MR) is 113 cm³/mol. The van der Waals surface area contributed by atoms with Crippen LogP contribution in [0.4, 0.5) is 5.69 Å². The van der Waals surface area contributed by atoms with Crippen molar-refractivity contribution < 1.29 is 4.79 Å². The molecule has 1 aromatic heterocycles. The van der Waals surface area contributed by atoms with Crippen molar-refractivity contribution in [2.45, 2.75) is 32.9 Å². The van der Waals surface area contributed by atoms with Crippen LogP contribution in [0.5, 0.6) is 0 Å². The lowest BCUT2D eigenvalue weighted by molar-refractivity contribution is -0.119. The summed E-state index contributed by atoms with van der Waals surface area (Å²) < 4.78 is 0. The molecule has 0 fully saturated rings. The number of amides is 1. The largest absolute Gasteiger partial charge is 0.368 e. The summed E-state index contributed by atoms with van der Waals surface area (Å²) in [5.74, 6) is -0.0911. The van der Waals surface area contributed by atoms with Crippen LogP contribution in [0, 0.1) is 17.2 Å². The number of nitrogens with zero attached hydrogens (tertiary/aromatic N) is 3. The van der Waals surface area contributed by atoms with E-state index in [4.69, 9.17) is 5.73 Å². The molecular weight excluding hydrogens is 356 g/mol. The van der Waals surface area contributed by atoms with E-state index in [2.05, 4.69) is 48.4 Å². The fourth-order valence-electron chi connectivity index (χ4n) is 3.21. The number of nitrogens with two attached hydrogens (primary N) is 1. The predicted octanol–water partition coefficient (Wildman–Crippen LogP) is 3.71. The van der Waals surface area contributed by atoms with Crippen LogP contribution in [0.3, 0.4) is 0 Å². The molecule has 0 saturated heterocycles. The van der Waals surface area contributed by atoms with Crippen LogP contribution in [-0.4, -0.2) is 37.5 Å². The van der Waals surface area contributed by atoms with Gasteiger partial charge >= 0.3 is 0 Å². The summed E-state index contributed by atoms with van der Waals surface area (Å²) in [6.45, 7) is 5.09. The van der Waals surface area contributed by atoms with Crippen molar-refractivity contribution in [1.29, 1.82) is 5.26 Å². The summed E-state index contributed by atoms with van der Waals surface area (Å²) in [7, 11) is 4.08. The Morgan fingerprint density at radius 1 is 1.30 bits per heavy atom. The van der Waals surface area contributed by atoms with Crippen molar-refractivity contribution >= 4 is 22.9 Å². The summed E-state index contributed by atoms with van der Waals surface area (Å²) in [6, 6.07) is 10.1. The number of carbonyl (C=O) groups excluding carboxylic acids is 1. The zero-order chi connectivity index (χ0) is 20.0. The van der Waals surface area contributed by atoms with Gasteiger partial charge in [-0.25, -0.2) is 0 Å². The normalized spacial score (nSPS) is 12.2. The number of thiophene rings is 1. The lowest BCUT2D eigenvalue weighted by atomic mass is 9.99. The quantitative estimate of drug-likeness (QED) is 0.669. The van der Waals surface area contributed by atoms with Crippen LogP contribution in [0.15, 0.2) is 35.0 Å². The maximum atomic E-state index is 12.1. The number of primary amides is 1. The van der Waals surface area contributed by atoms with Gasteiger partial charge < -0.3 is 15.5 Å². The molecule has 2 rings (SSSR count). The fourth-order valence-corrected chi connectivity index (χ4v) is 4.07. The first-order valence-corrected chi connectivity index (χ1v) is 10.0. The second-order valence-corrected chi connectivity index (χ2v) is 8.19. The average molecular weight is 385 g/mol. The Hall–Kier alpha value is -2.36. The first-order chi connectivity index (χ1) is 12.8. The van der Waals surface area contributed by atoms with Crippen molar-refractivity contribution in [1.82, 2.24) is 4.90 Å². The minimum Gasteiger partial charge on any atom is -0.368 e. The molecule has 0 aliphatic rings. The molecule has 1 amide bonds. The number of anilines is 1. The van der Waals surface area contributed by atoms with Crippen molar-refractivity contribution in [3.8, 4) is 17.2 Å². The Morgan fingerprint density at radius 3 is 2.63 bits per heavy atom. The van der Waals surface area contributed by atoms with E-state index in [9.17, 15) is 10.1 Å². The Balaban J connectivity index is 2.45. The first kappa shape index (κ1) is 20.9. The number of hydrogen-bond acceptors (Lipinski definition) is 5. The van der Waals surface area contributed by atoms with E-state index >= 15 is 0 Å². The van der Waals surface area contributed by atoms with Gasteiger partial charge in [-0.3, -0.25) is 4.79 Å². The Morgan fingerprint density at radius 2 is 2.04 bits per heavy atom. The molecule has 0 bridgehead atoms. The smallest absolute Gasteiger partial charge is 0.240 e. The third-order valence-corrected chi connectivity index (χ3v) is 5.06. The Kier molecular flexibility index (Phi) is 7.40. The molecule has 144 valence electrons. The molecule has 0 aliphatic carbocycles. The molecule has 6 heteroatoms. The molecule has 5 nitrogen and oxygen atoms in total. The van der Waals surface area contributed by atoms with E-state index < -0.39 is 11.9 Å². The molecule has 2 aromatic rings. The number of nitriles is 1. The van der Waals surface area contributed by atoms with E-state index in [1.54, 1.807) is 11.3 Å². The van der Waals surface area contributed by atoms with Crippen LogP contribution in [-0.2, 0) is 11.3 Å². The molecule has 0 radical (unpaired) electrons. The molecule has 27 heavy (non-hydrogen) atoms. The molecule has 1 aromatic carbocycles. The maximum Gasteiger partial charge on any atom is 0.240 e. The average Bonchev–Trinajstić information content (AvgIpc) is 3.06. The molecule has 1 heterocycles. The zero-order valence-electron chi connectivity index (χ0n) is 16.5. The summed E-state index contributed by atoms with van der Waals surface area (Å²) in [4.78, 5) is 16.1. The Bertz CT molecular complexity index is 807. The van der Waals surface area contributed by atoms with E-state index in [0.717, 1.165) is 23.4 Å². The molecule has 0 aliphatic heterocycles. The van der Waals surface area contributed by atoms with Crippen LogP contribution >= 0.6 is 11.3 Å². The van der Waals surface area contributed by atoms with Crippen molar-refractivity contribution in [2.75, 3.05) is 25.5 Å². The Labute approximate surface area is 166 Å². The standard InChI is InChI=1S/C21H28N4OS/c1-15(2)10-19(21(23)26)25(9-8-22)20-14-27-13-18(20)17-7-5-6-16(11-17)12-24(3)4/h5-7,11,13-15,19H,9-10,12H2,1-4H3,(H2,23,26)/t19-/m0/s1. The van der Waals surface area contributed by atoms with Crippen molar-refractivity contribution in [3.63, 3.8) is 0 Å². The van der Waals surface area contributed by atoms with Crippen molar-refractivity contribution in [3.05, 3.63) is 40.6 Å². The van der Waals surface area contributed by atoms with Gasteiger partial charge in [0.05, 0.1) is 11.8 Å². The molecule has 0 saturated carbocycles. The third-order valence-electron chi connectivity index (χ3n) is 4.33. The van der Waals surface area contributed by atoms with Crippen LogP contribution in [0.2, 0.25) is 0 Å². The molecule has 1 atom stereocenters. The van der Waals surface area contributed by atoms with Gasteiger partial charge in [0.25, 0.3) is 0 Å². The van der Waals surface area contributed by atoms with Crippen molar-refractivity contribution in [2.24, 2.45) is 11.7 Å². The molecular formula is C21H28N4OS. The lowest BCUT2D eigenvalue weighted by Gasteiger charge is -2.31. The fraction of sp³-hybridized carbons (Fsp3) is 0.429. The minimum absolute atomic E-state index is 0.126. The van der Waals surface area contributed by atoms with Crippen LogP contribution in [0.25, 0.3) is 11.1 Å².